The second-order valence-corrected chi connectivity index (χ2v) is 5.08. The van der Waals surface area contributed by atoms with Crippen LogP contribution in [0.5, 0.6) is 5.75 Å². The van der Waals surface area contributed by atoms with E-state index in [-0.39, 0.29) is 11.6 Å². The topological polar surface area (TPSA) is 67.4 Å². The van der Waals surface area contributed by atoms with Crippen LogP contribution in [0.1, 0.15) is 13.8 Å². The average molecular weight is 334 g/mol. The molecule has 1 atom stereocenters. The number of rotatable bonds is 5. The van der Waals surface area contributed by atoms with Gasteiger partial charge in [0.25, 0.3) is 5.91 Å². The van der Waals surface area contributed by atoms with E-state index in [0.717, 1.165) is 12.1 Å². The van der Waals surface area contributed by atoms with Crippen molar-refractivity contribution in [2.24, 2.45) is 0 Å². The molecule has 2 aromatic rings. The zero-order chi connectivity index (χ0) is 17.7. The zero-order valence-electron chi connectivity index (χ0n) is 13.1. The van der Waals surface area contributed by atoms with Gasteiger partial charge in [-0.25, -0.2) is 8.78 Å². The molecule has 2 rings (SSSR count). The normalized spacial score (nSPS) is 11.5. The largest absolute Gasteiger partial charge is 0.481 e. The van der Waals surface area contributed by atoms with Gasteiger partial charge in [0.1, 0.15) is 17.4 Å². The molecule has 0 heterocycles. The van der Waals surface area contributed by atoms with Crippen molar-refractivity contribution < 1.29 is 23.1 Å². The summed E-state index contributed by atoms with van der Waals surface area (Å²) in [6.45, 7) is 2.89. The lowest BCUT2D eigenvalue weighted by Gasteiger charge is -2.15. The van der Waals surface area contributed by atoms with Gasteiger partial charge in [-0.1, -0.05) is 0 Å². The van der Waals surface area contributed by atoms with Crippen LogP contribution in [0.25, 0.3) is 0 Å². The molecular formula is C17H16F2N2O3. The minimum atomic E-state index is -0.902. The molecule has 126 valence electrons. The fraction of sp³-hybridized carbons (Fsp3) is 0.176. The molecule has 0 spiro atoms. The number of benzene rings is 2. The molecule has 5 nitrogen and oxygen atoms in total. The van der Waals surface area contributed by atoms with E-state index in [2.05, 4.69) is 10.6 Å². The maximum absolute atomic E-state index is 13.5. The van der Waals surface area contributed by atoms with Crippen LogP contribution in [0.3, 0.4) is 0 Å². The SMILES string of the molecule is CC(=O)Nc1ccc(OC(C)C(=O)Nc2ccc(F)cc2F)cc1. The monoisotopic (exact) mass is 334 g/mol. The Kier molecular flexibility index (Phi) is 5.47. The summed E-state index contributed by atoms with van der Waals surface area (Å²) in [6, 6.07) is 9.30. The van der Waals surface area contributed by atoms with Crippen LogP contribution >= 0.6 is 0 Å². The molecule has 0 saturated heterocycles. The lowest BCUT2D eigenvalue weighted by molar-refractivity contribution is -0.122. The molecule has 2 amide bonds. The number of halogens is 2. The van der Waals surface area contributed by atoms with Gasteiger partial charge in [0.2, 0.25) is 5.91 Å². The van der Waals surface area contributed by atoms with E-state index in [1.807, 2.05) is 0 Å². The molecule has 0 fully saturated rings. The number of ether oxygens (including phenoxy) is 1. The van der Waals surface area contributed by atoms with Gasteiger partial charge < -0.3 is 15.4 Å². The Labute approximate surface area is 137 Å². The molecule has 24 heavy (non-hydrogen) atoms. The van der Waals surface area contributed by atoms with Crippen molar-refractivity contribution in [3.05, 3.63) is 54.1 Å². The number of carbonyl (C=O) groups excluding carboxylic acids is 2. The van der Waals surface area contributed by atoms with E-state index in [1.54, 1.807) is 24.3 Å². The van der Waals surface area contributed by atoms with Gasteiger partial charge in [0.05, 0.1) is 5.69 Å². The van der Waals surface area contributed by atoms with Gasteiger partial charge in [-0.2, -0.15) is 0 Å². The Morgan fingerprint density at radius 1 is 1.04 bits per heavy atom. The van der Waals surface area contributed by atoms with Crippen LogP contribution in [0.4, 0.5) is 20.2 Å². The van der Waals surface area contributed by atoms with E-state index in [9.17, 15) is 18.4 Å². The van der Waals surface area contributed by atoms with Crippen LogP contribution in [-0.2, 0) is 9.59 Å². The first-order chi connectivity index (χ1) is 11.3. The highest BCUT2D eigenvalue weighted by molar-refractivity contribution is 5.94. The third kappa shape index (κ3) is 4.77. The molecule has 0 aliphatic heterocycles. The first-order valence-corrected chi connectivity index (χ1v) is 7.15. The fourth-order valence-corrected chi connectivity index (χ4v) is 1.90. The third-order valence-corrected chi connectivity index (χ3v) is 3.05. The van der Waals surface area contributed by atoms with E-state index in [1.165, 1.54) is 13.8 Å². The summed E-state index contributed by atoms with van der Waals surface area (Å²) in [5.41, 5.74) is 0.471. The number of nitrogens with one attached hydrogen (secondary N) is 2. The summed E-state index contributed by atoms with van der Waals surface area (Å²) in [4.78, 5) is 23.0. The van der Waals surface area contributed by atoms with Crippen molar-refractivity contribution in [2.75, 3.05) is 10.6 Å². The number of hydrogen-bond donors (Lipinski definition) is 2. The molecule has 7 heteroatoms. The number of hydrogen-bond acceptors (Lipinski definition) is 3. The van der Waals surface area contributed by atoms with E-state index in [4.69, 9.17) is 4.74 Å². The van der Waals surface area contributed by atoms with Gasteiger partial charge in [-0.3, -0.25) is 9.59 Å². The average Bonchev–Trinajstić information content (AvgIpc) is 2.51. The molecular weight excluding hydrogens is 318 g/mol. The summed E-state index contributed by atoms with van der Waals surface area (Å²) >= 11 is 0. The second kappa shape index (κ2) is 7.54. The summed E-state index contributed by atoms with van der Waals surface area (Å²) < 4.78 is 31.8. The van der Waals surface area contributed by atoms with Crippen LogP contribution < -0.4 is 15.4 Å². The number of carbonyl (C=O) groups is 2. The van der Waals surface area contributed by atoms with Crippen molar-refractivity contribution in [1.29, 1.82) is 0 Å². The van der Waals surface area contributed by atoms with E-state index >= 15 is 0 Å². The van der Waals surface area contributed by atoms with Gasteiger partial charge in [-0.15, -0.1) is 0 Å². The van der Waals surface area contributed by atoms with Gasteiger partial charge in [-0.05, 0) is 43.3 Å². The van der Waals surface area contributed by atoms with Crippen molar-refractivity contribution in [3.8, 4) is 5.75 Å². The highest BCUT2D eigenvalue weighted by Crippen LogP contribution is 2.19. The molecule has 0 bridgehead atoms. The lowest BCUT2D eigenvalue weighted by atomic mass is 10.2. The quantitative estimate of drug-likeness (QED) is 0.881. The predicted octanol–water partition coefficient (Wildman–Crippen LogP) is 3.33. The van der Waals surface area contributed by atoms with Crippen molar-refractivity contribution in [1.82, 2.24) is 0 Å². The Hall–Kier alpha value is -2.96. The molecule has 1 unspecified atom stereocenters. The van der Waals surface area contributed by atoms with Crippen molar-refractivity contribution >= 4 is 23.2 Å². The molecule has 0 aliphatic rings. The lowest BCUT2D eigenvalue weighted by Crippen LogP contribution is -2.30. The van der Waals surface area contributed by atoms with Gasteiger partial charge in [0, 0.05) is 18.7 Å². The molecule has 0 aromatic heterocycles. The van der Waals surface area contributed by atoms with Crippen molar-refractivity contribution in [3.63, 3.8) is 0 Å². The minimum absolute atomic E-state index is 0.127. The van der Waals surface area contributed by atoms with Crippen LogP contribution in [0, 0.1) is 11.6 Å². The highest BCUT2D eigenvalue weighted by Gasteiger charge is 2.16. The summed E-state index contributed by atoms with van der Waals surface area (Å²) in [5.74, 6) is -1.96. The first kappa shape index (κ1) is 17.4. The zero-order valence-corrected chi connectivity index (χ0v) is 13.1. The Balaban J connectivity index is 1.97. The van der Waals surface area contributed by atoms with Gasteiger partial charge in [0.15, 0.2) is 6.10 Å². The minimum Gasteiger partial charge on any atom is -0.481 e. The highest BCUT2D eigenvalue weighted by atomic mass is 19.1. The van der Waals surface area contributed by atoms with E-state index < -0.39 is 23.6 Å². The van der Waals surface area contributed by atoms with Crippen molar-refractivity contribution in [2.45, 2.75) is 20.0 Å². The first-order valence-electron chi connectivity index (χ1n) is 7.15. The molecule has 2 aromatic carbocycles. The Bertz CT molecular complexity index is 748. The summed E-state index contributed by atoms with van der Waals surface area (Å²) in [5, 5.41) is 4.94. The molecule has 0 radical (unpaired) electrons. The Morgan fingerprint density at radius 2 is 1.71 bits per heavy atom. The standard InChI is InChI=1S/C17H16F2N2O3/c1-10(17(23)21-16-8-3-12(18)9-15(16)19)24-14-6-4-13(5-7-14)20-11(2)22/h3-10H,1-2H3,(H,20,22)(H,21,23). The summed E-state index contributed by atoms with van der Waals surface area (Å²) in [7, 11) is 0. The maximum Gasteiger partial charge on any atom is 0.265 e. The summed E-state index contributed by atoms with van der Waals surface area (Å²) in [6.07, 6.45) is -0.902. The van der Waals surface area contributed by atoms with Crippen LogP contribution in [0.2, 0.25) is 0 Å². The molecule has 0 aliphatic carbocycles. The fourth-order valence-electron chi connectivity index (χ4n) is 1.90. The van der Waals surface area contributed by atoms with E-state index in [0.29, 0.717) is 17.5 Å². The maximum atomic E-state index is 13.5. The predicted molar refractivity (Wildman–Crippen MR) is 85.8 cm³/mol. The Morgan fingerprint density at radius 3 is 2.29 bits per heavy atom. The van der Waals surface area contributed by atoms with Crippen LogP contribution in [-0.4, -0.2) is 17.9 Å². The molecule has 2 N–H and O–H groups in total. The second-order valence-electron chi connectivity index (χ2n) is 5.08. The molecule has 0 saturated carbocycles. The number of amides is 2. The third-order valence-electron chi connectivity index (χ3n) is 3.05. The number of anilines is 2. The van der Waals surface area contributed by atoms with Gasteiger partial charge >= 0.3 is 0 Å². The smallest absolute Gasteiger partial charge is 0.265 e. The van der Waals surface area contributed by atoms with Crippen LogP contribution in [0.15, 0.2) is 42.5 Å².